The average Bonchev–Trinajstić information content (AvgIpc) is 3.40. The van der Waals surface area contributed by atoms with Crippen molar-refractivity contribution in [2.24, 2.45) is 0 Å². The summed E-state index contributed by atoms with van der Waals surface area (Å²) < 4.78 is 12.3. The van der Waals surface area contributed by atoms with Crippen LogP contribution in [0.15, 0.2) is 53.9 Å². The number of nitrogens with zero attached hydrogens (tertiary/aromatic N) is 3. The third kappa shape index (κ3) is 4.65. The van der Waals surface area contributed by atoms with Crippen LogP contribution in [0.5, 0.6) is 11.5 Å². The molecule has 2 aromatic heterocycles. The Morgan fingerprint density at radius 2 is 1.78 bits per heavy atom. The second-order valence-corrected chi connectivity index (χ2v) is 8.21. The first-order valence-electron chi connectivity index (χ1n) is 10.1. The molecule has 0 radical (unpaired) electrons. The fraction of sp³-hybridized carbons (Fsp3) is 0.208. The highest BCUT2D eigenvalue weighted by atomic mass is 32.1. The van der Waals surface area contributed by atoms with Gasteiger partial charge in [-0.15, -0.1) is 11.3 Å². The molecule has 2 heterocycles. The van der Waals surface area contributed by atoms with Gasteiger partial charge in [0.2, 0.25) is 11.0 Å². The Labute approximate surface area is 190 Å². The number of nitrogens with one attached hydrogen (secondary N) is 1. The lowest BCUT2D eigenvalue weighted by atomic mass is 10.1. The van der Waals surface area contributed by atoms with Gasteiger partial charge in [-0.1, -0.05) is 35.9 Å². The fourth-order valence-electron chi connectivity index (χ4n) is 3.32. The zero-order valence-electron chi connectivity index (χ0n) is 18.4. The van der Waals surface area contributed by atoms with Crippen LogP contribution in [-0.4, -0.2) is 34.9 Å². The number of aromatic nitrogens is 3. The number of amides is 1. The van der Waals surface area contributed by atoms with Crippen LogP contribution in [0.4, 0.5) is 5.82 Å². The molecule has 0 bridgehead atoms. The first-order chi connectivity index (χ1) is 15.5. The zero-order chi connectivity index (χ0) is 22.7. The molecule has 2 aromatic carbocycles. The molecule has 0 unspecified atom stereocenters. The van der Waals surface area contributed by atoms with E-state index >= 15 is 0 Å². The number of thiazole rings is 1. The lowest BCUT2D eigenvalue weighted by Crippen LogP contribution is -2.17. The van der Waals surface area contributed by atoms with Crippen LogP contribution >= 0.6 is 11.3 Å². The number of carbonyl (C=O) groups is 1. The van der Waals surface area contributed by atoms with Crippen LogP contribution in [0.3, 0.4) is 0 Å². The summed E-state index contributed by atoms with van der Waals surface area (Å²) in [6, 6.07) is 15.5. The topological polar surface area (TPSA) is 78.3 Å². The Morgan fingerprint density at radius 3 is 2.50 bits per heavy atom. The number of anilines is 1. The van der Waals surface area contributed by atoms with Gasteiger partial charge < -0.3 is 14.8 Å². The summed E-state index contributed by atoms with van der Waals surface area (Å²) >= 11 is 1.48. The quantitative estimate of drug-likeness (QED) is 0.439. The number of hydrogen-bond acceptors (Lipinski definition) is 6. The normalized spacial score (nSPS) is 10.8. The molecule has 7 nitrogen and oxygen atoms in total. The standard InChI is InChI=1S/C24H24N4O3S/c1-15-5-8-18(9-6-15)19-14-32-24(25-19)28-22(11-16(2)27-28)26-23(29)13-17-7-10-20(30-3)21(12-17)31-4/h5-12,14H,13H2,1-4H3,(H,26,29). The molecule has 4 rings (SSSR count). The summed E-state index contributed by atoms with van der Waals surface area (Å²) in [6.45, 7) is 3.94. The highest BCUT2D eigenvalue weighted by Crippen LogP contribution is 2.29. The molecule has 0 saturated heterocycles. The summed E-state index contributed by atoms with van der Waals surface area (Å²) in [7, 11) is 3.15. The van der Waals surface area contributed by atoms with Gasteiger partial charge in [0.25, 0.3) is 0 Å². The van der Waals surface area contributed by atoms with E-state index in [1.807, 2.05) is 36.6 Å². The second kappa shape index (κ2) is 9.23. The Balaban J connectivity index is 1.53. The van der Waals surface area contributed by atoms with Crippen molar-refractivity contribution in [1.29, 1.82) is 0 Å². The predicted molar refractivity (Wildman–Crippen MR) is 126 cm³/mol. The molecule has 4 aromatic rings. The van der Waals surface area contributed by atoms with Crippen LogP contribution in [-0.2, 0) is 11.2 Å². The molecular formula is C24H24N4O3S. The molecule has 1 amide bonds. The van der Waals surface area contributed by atoms with E-state index in [9.17, 15) is 4.79 Å². The number of benzene rings is 2. The van der Waals surface area contributed by atoms with E-state index in [4.69, 9.17) is 14.5 Å². The van der Waals surface area contributed by atoms with Crippen molar-refractivity contribution in [2.75, 3.05) is 19.5 Å². The van der Waals surface area contributed by atoms with Crippen LogP contribution in [0.2, 0.25) is 0 Å². The number of hydrogen-bond donors (Lipinski definition) is 1. The molecule has 0 atom stereocenters. The Bertz CT molecular complexity index is 1240. The monoisotopic (exact) mass is 448 g/mol. The van der Waals surface area contributed by atoms with Crippen LogP contribution < -0.4 is 14.8 Å². The van der Waals surface area contributed by atoms with Gasteiger partial charge in [0.05, 0.1) is 32.0 Å². The van der Waals surface area contributed by atoms with Gasteiger partial charge in [-0.25, -0.2) is 4.98 Å². The van der Waals surface area contributed by atoms with Gasteiger partial charge in [-0.2, -0.15) is 9.78 Å². The first kappa shape index (κ1) is 21.6. The van der Waals surface area contributed by atoms with Crippen molar-refractivity contribution >= 4 is 23.1 Å². The van der Waals surface area contributed by atoms with E-state index < -0.39 is 0 Å². The molecule has 0 aliphatic heterocycles. The van der Waals surface area contributed by atoms with E-state index in [0.717, 1.165) is 22.5 Å². The summed E-state index contributed by atoms with van der Waals surface area (Å²) in [6.07, 6.45) is 0.192. The molecule has 0 aliphatic rings. The van der Waals surface area contributed by atoms with Gasteiger partial charge >= 0.3 is 0 Å². The van der Waals surface area contributed by atoms with Crippen molar-refractivity contribution in [1.82, 2.24) is 14.8 Å². The average molecular weight is 449 g/mol. The maximum absolute atomic E-state index is 12.7. The third-order valence-corrected chi connectivity index (χ3v) is 5.75. The fourth-order valence-corrected chi connectivity index (χ4v) is 4.11. The molecule has 0 saturated carbocycles. The first-order valence-corrected chi connectivity index (χ1v) is 10.9. The van der Waals surface area contributed by atoms with Crippen molar-refractivity contribution < 1.29 is 14.3 Å². The molecule has 32 heavy (non-hydrogen) atoms. The van der Waals surface area contributed by atoms with Gasteiger partial charge in [0.15, 0.2) is 11.5 Å². The van der Waals surface area contributed by atoms with Crippen molar-refractivity contribution in [3.63, 3.8) is 0 Å². The van der Waals surface area contributed by atoms with Gasteiger partial charge in [-0.3, -0.25) is 4.79 Å². The summed E-state index contributed by atoms with van der Waals surface area (Å²) in [5, 5.41) is 10.2. The SMILES string of the molecule is COc1ccc(CC(=O)Nc2cc(C)nn2-c2nc(-c3ccc(C)cc3)cs2)cc1OC. The van der Waals surface area contributed by atoms with E-state index in [2.05, 4.69) is 29.5 Å². The van der Waals surface area contributed by atoms with Gasteiger partial charge in [-0.05, 0) is 31.5 Å². The minimum Gasteiger partial charge on any atom is -0.493 e. The Hall–Kier alpha value is -3.65. The number of methoxy groups -OCH3 is 2. The van der Waals surface area contributed by atoms with Crippen molar-refractivity contribution in [3.05, 3.63) is 70.7 Å². The number of aryl methyl sites for hydroxylation is 2. The molecule has 0 spiro atoms. The lowest BCUT2D eigenvalue weighted by Gasteiger charge is -2.10. The van der Waals surface area contributed by atoms with Gasteiger partial charge in [0.1, 0.15) is 5.82 Å². The highest BCUT2D eigenvalue weighted by Gasteiger charge is 2.15. The van der Waals surface area contributed by atoms with E-state index in [1.165, 1.54) is 16.9 Å². The van der Waals surface area contributed by atoms with Gasteiger partial charge in [0, 0.05) is 17.0 Å². The minimum atomic E-state index is -0.159. The second-order valence-electron chi connectivity index (χ2n) is 7.38. The lowest BCUT2D eigenvalue weighted by molar-refractivity contribution is -0.115. The van der Waals surface area contributed by atoms with Crippen molar-refractivity contribution in [2.45, 2.75) is 20.3 Å². The van der Waals surface area contributed by atoms with Crippen LogP contribution in [0.1, 0.15) is 16.8 Å². The maximum Gasteiger partial charge on any atom is 0.229 e. The van der Waals surface area contributed by atoms with Crippen LogP contribution in [0, 0.1) is 13.8 Å². The highest BCUT2D eigenvalue weighted by molar-refractivity contribution is 7.12. The minimum absolute atomic E-state index is 0.159. The van der Waals surface area contributed by atoms with E-state index in [0.29, 0.717) is 22.4 Å². The Kier molecular flexibility index (Phi) is 6.23. The molecule has 164 valence electrons. The molecular weight excluding hydrogens is 424 g/mol. The van der Waals surface area contributed by atoms with E-state index in [1.54, 1.807) is 31.0 Å². The summed E-state index contributed by atoms with van der Waals surface area (Å²) in [5.41, 5.74) is 4.73. The number of rotatable bonds is 7. The molecule has 8 heteroatoms. The smallest absolute Gasteiger partial charge is 0.229 e. The number of ether oxygens (including phenoxy) is 2. The summed E-state index contributed by atoms with van der Waals surface area (Å²) in [5.74, 6) is 1.63. The molecule has 1 N–H and O–H groups in total. The Morgan fingerprint density at radius 1 is 1.03 bits per heavy atom. The largest absolute Gasteiger partial charge is 0.493 e. The molecule has 0 aliphatic carbocycles. The zero-order valence-corrected chi connectivity index (χ0v) is 19.2. The maximum atomic E-state index is 12.7. The predicted octanol–water partition coefficient (Wildman–Crippen LogP) is 4.81. The van der Waals surface area contributed by atoms with Crippen LogP contribution in [0.25, 0.3) is 16.4 Å². The van der Waals surface area contributed by atoms with E-state index in [-0.39, 0.29) is 12.3 Å². The van der Waals surface area contributed by atoms with Crippen molar-refractivity contribution in [3.8, 4) is 27.9 Å². The molecule has 0 fully saturated rings. The third-order valence-electron chi connectivity index (χ3n) is 4.93. The summed E-state index contributed by atoms with van der Waals surface area (Å²) in [4.78, 5) is 17.5. The number of carbonyl (C=O) groups excluding carboxylic acids is 1.